The molecule has 212 valence electrons. The number of rotatable bonds is 9. The number of amides is 1. The Balaban J connectivity index is 1.47. The van der Waals surface area contributed by atoms with Crippen molar-refractivity contribution in [2.75, 3.05) is 20.8 Å². The maximum absolute atomic E-state index is 14.1. The lowest BCUT2D eigenvalue weighted by atomic mass is 9.82. The Kier molecular flexibility index (Phi) is 8.98. The second kappa shape index (κ2) is 12.4. The first-order valence-corrected chi connectivity index (χ1v) is 15.2. The van der Waals surface area contributed by atoms with E-state index < -0.39 is 0 Å². The predicted molar refractivity (Wildman–Crippen MR) is 157 cm³/mol. The number of hydrogen-bond donors (Lipinski definition) is 1. The van der Waals surface area contributed by atoms with Crippen LogP contribution in [0.15, 0.2) is 48.5 Å². The molecular weight excluding hydrogens is 484 g/mol. The fourth-order valence-electron chi connectivity index (χ4n) is 7.44. The van der Waals surface area contributed by atoms with E-state index in [2.05, 4.69) is 72.6 Å². The number of nitrogens with one attached hydrogen (secondary N) is 1. The molecule has 3 atom stereocenters. The van der Waals surface area contributed by atoms with Crippen LogP contribution in [-0.4, -0.2) is 43.2 Å². The van der Waals surface area contributed by atoms with Gasteiger partial charge in [0.15, 0.2) is 0 Å². The zero-order valence-electron chi connectivity index (χ0n) is 24.5. The summed E-state index contributed by atoms with van der Waals surface area (Å²) in [4.78, 5) is 16.3. The van der Waals surface area contributed by atoms with Gasteiger partial charge in [-0.05, 0) is 62.6 Å². The lowest BCUT2D eigenvalue weighted by molar-refractivity contribution is -0.138. The maximum Gasteiger partial charge on any atom is 0.226 e. The van der Waals surface area contributed by atoms with Gasteiger partial charge in [0.2, 0.25) is 5.91 Å². The van der Waals surface area contributed by atoms with E-state index in [0.717, 1.165) is 31.4 Å². The fraction of sp³-hybridized carbons (Fsp3) is 0.618. The number of benzene rings is 2. The van der Waals surface area contributed by atoms with Crippen molar-refractivity contribution in [1.29, 1.82) is 0 Å². The number of carbonyl (C=O) groups excluding carboxylic acids is 1. The molecule has 5 nitrogen and oxygen atoms in total. The minimum Gasteiger partial charge on any atom is -0.496 e. The summed E-state index contributed by atoms with van der Waals surface area (Å²) in [5.41, 5.74) is 3.43. The molecule has 0 spiro atoms. The number of carbonyl (C=O) groups is 1. The van der Waals surface area contributed by atoms with Crippen LogP contribution in [0.4, 0.5) is 0 Å². The highest BCUT2D eigenvalue weighted by atomic mass is 16.5. The first-order chi connectivity index (χ1) is 18.9. The van der Waals surface area contributed by atoms with Crippen molar-refractivity contribution >= 4 is 5.91 Å². The van der Waals surface area contributed by atoms with E-state index in [9.17, 15) is 4.79 Å². The van der Waals surface area contributed by atoms with E-state index in [1.54, 1.807) is 14.2 Å². The summed E-state index contributed by atoms with van der Waals surface area (Å²) in [6.45, 7) is 5.74. The molecule has 0 aromatic heterocycles. The summed E-state index contributed by atoms with van der Waals surface area (Å²) in [6.07, 6.45) is 10.8. The van der Waals surface area contributed by atoms with Crippen molar-refractivity contribution in [2.45, 2.75) is 102 Å². The van der Waals surface area contributed by atoms with Crippen LogP contribution < -0.4 is 10.1 Å². The van der Waals surface area contributed by atoms with E-state index in [4.69, 9.17) is 9.47 Å². The van der Waals surface area contributed by atoms with Gasteiger partial charge in [0.05, 0.1) is 18.8 Å². The summed E-state index contributed by atoms with van der Waals surface area (Å²) < 4.78 is 11.9. The van der Waals surface area contributed by atoms with E-state index >= 15 is 0 Å². The van der Waals surface area contributed by atoms with E-state index in [0.29, 0.717) is 24.9 Å². The quantitative estimate of drug-likeness (QED) is 0.377. The van der Waals surface area contributed by atoms with Crippen LogP contribution in [0.3, 0.4) is 0 Å². The molecule has 1 heterocycles. The Labute approximate surface area is 235 Å². The van der Waals surface area contributed by atoms with E-state index in [1.807, 2.05) is 0 Å². The maximum atomic E-state index is 14.1. The van der Waals surface area contributed by atoms with Gasteiger partial charge < -0.3 is 19.7 Å². The standard InChI is InChI=1S/C34H48N2O3/c1-34(2,39-4)29-23-36(33(37)26-17-9-6-10-18-26)32(25-15-7-5-8-16-25)31(29)35-22-28-21-27(19-20-30(28)38-3)24-13-11-12-14-24/h5,7-8,15-16,19-21,24,26,29,31-32,35H,6,9-14,17-18,22-23H2,1-4H3. The third-order valence-corrected chi connectivity index (χ3v) is 9.96. The van der Waals surface area contributed by atoms with Gasteiger partial charge >= 0.3 is 0 Å². The molecule has 1 N–H and O–H groups in total. The van der Waals surface area contributed by atoms with Crippen LogP contribution in [0, 0.1) is 11.8 Å². The van der Waals surface area contributed by atoms with Gasteiger partial charge in [-0.1, -0.05) is 74.6 Å². The Hall–Kier alpha value is -2.37. The van der Waals surface area contributed by atoms with Gasteiger partial charge in [-0.25, -0.2) is 0 Å². The lowest BCUT2D eigenvalue weighted by Gasteiger charge is -2.36. The molecule has 39 heavy (non-hydrogen) atoms. The SMILES string of the molecule is COc1ccc(C2CCCC2)cc1CNC1C(c2ccccc2)N(C(=O)C2CCCCC2)CC1C(C)(C)OC. The van der Waals surface area contributed by atoms with Gasteiger partial charge in [-0.15, -0.1) is 0 Å². The molecule has 1 amide bonds. The first-order valence-electron chi connectivity index (χ1n) is 15.2. The molecule has 1 saturated heterocycles. The minimum absolute atomic E-state index is 0.0379. The predicted octanol–water partition coefficient (Wildman–Crippen LogP) is 7.02. The summed E-state index contributed by atoms with van der Waals surface area (Å²) in [5, 5.41) is 3.96. The van der Waals surface area contributed by atoms with Gasteiger partial charge in [-0.2, -0.15) is 0 Å². The van der Waals surface area contributed by atoms with Crippen molar-refractivity contribution in [3.8, 4) is 5.75 Å². The van der Waals surface area contributed by atoms with Crippen LogP contribution in [-0.2, 0) is 16.1 Å². The average molecular weight is 533 g/mol. The third-order valence-electron chi connectivity index (χ3n) is 9.96. The number of hydrogen-bond acceptors (Lipinski definition) is 4. The highest BCUT2D eigenvalue weighted by molar-refractivity contribution is 5.80. The second-order valence-corrected chi connectivity index (χ2v) is 12.6. The molecule has 5 heteroatoms. The monoisotopic (exact) mass is 532 g/mol. The smallest absolute Gasteiger partial charge is 0.226 e. The van der Waals surface area contributed by atoms with Crippen molar-refractivity contribution in [2.24, 2.45) is 11.8 Å². The van der Waals surface area contributed by atoms with Crippen LogP contribution in [0.2, 0.25) is 0 Å². The number of likely N-dealkylation sites (tertiary alicyclic amines) is 1. The van der Waals surface area contributed by atoms with Gasteiger partial charge in [0, 0.05) is 43.6 Å². The highest BCUT2D eigenvalue weighted by Gasteiger charge is 2.51. The van der Waals surface area contributed by atoms with Crippen molar-refractivity contribution in [3.63, 3.8) is 0 Å². The van der Waals surface area contributed by atoms with Crippen molar-refractivity contribution in [3.05, 3.63) is 65.2 Å². The normalized spacial score (nSPS) is 24.8. The number of nitrogens with zero attached hydrogens (tertiary/aromatic N) is 1. The first kappa shape index (κ1) is 28.2. The summed E-state index contributed by atoms with van der Waals surface area (Å²) in [7, 11) is 3.56. The highest BCUT2D eigenvalue weighted by Crippen LogP contribution is 2.44. The molecule has 2 aromatic rings. The lowest BCUT2D eigenvalue weighted by Crippen LogP contribution is -2.47. The Morgan fingerprint density at radius 1 is 0.923 bits per heavy atom. The second-order valence-electron chi connectivity index (χ2n) is 12.6. The average Bonchev–Trinajstić information content (AvgIpc) is 3.65. The summed E-state index contributed by atoms with van der Waals surface area (Å²) in [5.74, 6) is 2.19. The molecule has 0 bridgehead atoms. The molecular formula is C34H48N2O3. The zero-order chi connectivity index (χ0) is 27.4. The van der Waals surface area contributed by atoms with Crippen LogP contribution in [0.5, 0.6) is 5.75 Å². The van der Waals surface area contributed by atoms with Gasteiger partial charge in [0.1, 0.15) is 5.75 Å². The Morgan fingerprint density at radius 2 is 1.62 bits per heavy atom. The van der Waals surface area contributed by atoms with E-state index in [-0.39, 0.29) is 29.5 Å². The third kappa shape index (κ3) is 6.05. The largest absolute Gasteiger partial charge is 0.496 e. The molecule has 2 saturated carbocycles. The summed E-state index contributed by atoms with van der Waals surface area (Å²) >= 11 is 0. The van der Waals surface area contributed by atoms with Gasteiger partial charge in [0.25, 0.3) is 0 Å². The minimum atomic E-state index is -0.387. The van der Waals surface area contributed by atoms with E-state index in [1.165, 1.54) is 48.8 Å². The van der Waals surface area contributed by atoms with Gasteiger partial charge in [-0.3, -0.25) is 4.79 Å². The number of ether oxygens (including phenoxy) is 2. The Bertz CT molecular complexity index is 1090. The molecule has 0 radical (unpaired) electrons. The van der Waals surface area contributed by atoms with Crippen LogP contribution in [0.25, 0.3) is 0 Å². The van der Waals surface area contributed by atoms with Crippen LogP contribution in [0.1, 0.15) is 100 Å². The zero-order valence-corrected chi connectivity index (χ0v) is 24.5. The number of methoxy groups -OCH3 is 2. The Morgan fingerprint density at radius 3 is 2.28 bits per heavy atom. The fourth-order valence-corrected chi connectivity index (χ4v) is 7.44. The molecule has 5 rings (SSSR count). The van der Waals surface area contributed by atoms with Crippen molar-refractivity contribution < 1.29 is 14.3 Å². The molecule has 3 fully saturated rings. The molecule has 3 aliphatic rings. The topological polar surface area (TPSA) is 50.8 Å². The van der Waals surface area contributed by atoms with Crippen LogP contribution >= 0.6 is 0 Å². The molecule has 2 aliphatic carbocycles. The summed E-state index contributed by atoms with van der Waals surface area (Å²) in [6, 6.07) is 17.4. The molecule has 1 aliphatic heterocycles. The molecule has 2 aromatic carbocycles. The van der Waals surface area contributed by atoms with Crippen molar-refractivity contribution in [1.82, 2.24) is 10.2 Å². The molecule has 3 unspecified atom stereocenters.